The van der Waals surface area contributed by atoms with E-state index in [-0.39, 0.29) is 17.6 Å². The normalized spacial score (nSPS) is 24.3. The van der Waals surface area contributed by atoms with Crippen molar-refractivity contribution in [3.63, 3.8) is 0 Å². The van der Waals surface area contributed by atoms with Crippen LogP contribution >= 0.6 is 0 Å². The molecule has 1 amide bonds. The van der Waals surface area contributed by atoms with Crippen LogP contribution in [-0.2, 0) is 11.3 Å². The largest absolute Gasteiger partial charge is 0.475 e. The molecule has 1 aliphatic heterocycles. The van der Waals surface area contributed by atoms with Crippen molar-refractivity contribution < 1.29 is 19.1 Å². The number of amides is 1. The first-order valence-electron chi connectivity index (χ1n) is 6.32. The third kappa shape index (κ3) is 2.96. The predicted octanol–water partition coefficient (Wildman–Crippen LogP) is 1.06. The van der Waals surface area contributed by atoms with Crippen LogP contribution in [0.15, 0.2) is 16.7 Å². The molecule has 0 spiro atoms. The van der Waals surface area contributed by atoms with E-state index in [2.05, 4.69) is 11.8 Å². The standard InChI is InChI=1S/C13H18N2O4/c1-8-2-3-10(12(14)16)7-15(8)6-9-4-5-19-11(9)13(17)18/h4-5,8,10H,2-3,6-7H2,1H3,(H2,14,16)(H,17,18). The van der Waals surface area contributed by atoms with Crippen LogP contribution in [0, 0.1) is 5.92 Å². The summed E-state index contributed by atoms with van der Waals surface area (Å²) >= 11 is 0. The fourth-order valence-electron chi connectivity index (χ4n) is 2.50. The second-order valence-corrected chi connectivity index (χ2v) is 5.04. The van der Waals surface area contributed by atoms with Gasteiger partial charge >= 0.3 is 5.97 Å². The molecule has 6 nitrogen and oxygen atoms in total. The Hall–Kier alpha value is -1.82. The van der Waals surface area contributed by atoms with Gasteiger partial charge in [-0.2, -0.15) is 0 Å². The van der Waals surface area contributed by atoms with Crippen molar-refractivity contribution in [2.45, 2.75) is 32.4 Å². The average Bonchev–Trinajstić information content (AvgIpc) is 2.80. The molecule has 0 bridgehead atoms. The van der Waals surface area contributed by atoms with Crippen molar-refractivity contribution in [1.29, 1.82) is 0 Å². The van der Waals surface area contributed by atoms with Gasteiger partial charge in [0.1, 0.15) is 0 Å². The average molecular weight is 266 g/mol. The Morgan fingerprint density at radius 3 is 2.89 bits per heavy atom. The number of likely N-dealkylation sites (tertiary alicyclic amines) is 1. The number of furan rings is 1. The van der Waals surface area contributed by atoms with E-state index in [9.17, 15) is 9.59 Å². The van der Waals surface area contributed by atoms with E-state index >= 15 is 0 Å². The van der Waals surface area contributed by atoms with E-state index in [0.717, 1.165) is 12.8 Å². The molecule has 1 aliphatic rings. The molecule has 2 unspecified atom stereocenters. The van der Waals surface area contributed by atoms with Crippen LogP contribution in [0.1, 0.15) is 35.9 Å². The molecule has 104 valence electrons. The summed E-state index contributed by atoms with van der Waals surface area (Å²) in [5.74, 6) is -1.55. The number of nitrogens with zero attached hydrogens (tertiary/aromatic N) is 1. The van der Waals surface area contributed by atoms with Crippen molar-refractivity contribution in [2.75, 3.05) is 6.54 Å². The Morgan fingerprint density at radius 1 is 1.53 bits per heavy atom. The quantitative estimate of drug-likeness (QED) is 0.849. The smallest absolute Gasteiger partial charge is 0.372 e. The zero-order valence-corrected chi connectivity index (χ0v) is 10.8. The van der Waals surface area contributed by atoms with Gasteiger partial charge in [-0.3, -0.25) is 9.69 Å². The fourth-order valence-corrected chi connectivity index (χ4v) is 2.50. The minimum atomic E-state index is -1.07. The van der Waals surface area contributed by atoms with E-state index in [1.807, 2.05) is 0 Å². The summed E-state index contributed by atoms with van der Waals surface area (Å²) in [6.45, 7) is 3.10. The number of carboxylic acids is 1. The molecule has 2 atom stereocenters. The lowest BCUT2D eigenvalue weighted by Gasteiger charge is -2.36. The number of rotatable bonds is 4. The molecule has 0 aliphatic carbocycles. The summed E-state index contributed by atoms with van der Waals surface area (Å²) in [5.41, 5.74) is 5.98. The summed E-state index contributed by atoms with van der Waals surface area (Å²) in [5, 5.41) is 9.00. The van der Waals surface area contributed by atoms with Gasteiger partial charge in [-0.15, -0.1) is 0 Å². The Balaban J connectivity index is 2.10. The lowest BCUT2D eigenvalue weighted by atomic mass is 9.92. The van der Waals surface area contributed by atoms with Gasteiger partial charge in [-0.1, -0.05) is 0 Å². The van der Waals surface area contributed by atoms with Crippen molar-refractivity contribution in [1.82, 2.24) is 4.90 Å². The summed E-state index contributed by atoms with van der Waals surface area (Å²) in [6, 6.07) is 1.96. The first-order valence-corrected chi connectivity index (χ1v) is 6.32. The van der Waals surface area contributed by atoms with Crippen molar-refractivity contribution in [2.24, 2.45) is 11.7 Å². The molecule has 2 heterocycles. The van der Waals surface area contributed by atoms with E-state index in [0.29, 0.717) is 24.7 Å². The molecular weight excluding hydrogens is 248 g/mol. The maximum atomic E-state index is 11.3. The number of hydrogen-bond donors (Lipinski definition) is 2. The zero-order valence-electron chi connectivity index (χ0n) is 10.8. The first-order chi connectivity index (χ1) is 8.99. The number of carboxylic acid groups (broad SMARTS) is 1. The lowest BCUT2D eigenvalue weighted by molar-refractivity contribution is -0.124. The van der Waals surface area contributed by atoms with Crippen LogP contribution < -0.4 is 5.73 Å². The van der Waals surface area contributed by atoms with Crippen LogP contribution in [0.5, 0.6) is 0 Å². The molecule has 6 heteroatoms. The molecule has 1 saturated heterocycles. The molecule has 2 rings (SSSR count). The Kier molecular flexibility index (Phi) is 3.90. The minimum Gasteiger partial charge on any atom is -0.475 e. The van der Waals surface area contributed by atoms with Crippen LogP contribution in [0.2, 0.25) is 0 Å². The number of piperidine rings is 1. The zero-order chi connectivity index (χ0) is 14.0. The van der Waals surface area contributed by atoms with Gasteiger partial charge < -0.3 is 15.3 Å². The Bertz CT molecular complexity index is 483. The monoisotopic (exact) mass is 266 g/mol. The number of hydrogen-bond acceptors (Lipinski definition) is 4. The highest BCUT2D eigenvalue weighted by Crippen LogP contribution is 2.24. The third-order valence-electron chi connectivity index (χ3n) is 3.73. The highest BCUT2D eigenvalue weighted by Gasteiger charge is 2.29. The molecular formula is C13H18N2O4. The maximum Gasteiger partial charge on any atom is 0.372 e. The summed E-state index contributed by atoms with van der Waals surface area (Å²) in [7, 11) is 0. The van der Waals surface area contributed by atoms with Crippen LogP contribution in [-0.4, -0.2) is 34.5 Å². The molecule has 0 aromatic carbocycles. The number of nitrogens with two attached hydrogens (primary N) is 1. The van der Waals surface area contributed by atoms with Gasteiger partial charge in [0, 0.05) is 24.7 Å². The molecule has 0 saturated carbocycles. The highest BCUT2D eigenvalue weighted by molar-refractivity contribution is 5.86. The predicted molar refractivity (Wildman–Crippen MR) is 67.5 cm³/mol. The summed E-state index contributed by atoms with van der Waals surface area (Å²) in [6.07, 6.45) is 3.05. The van der Waals surface area contributed by atoms with E-state index in [1.54, 1.807) is 6.07 Å². The van der Waals surface area contributed by atoms with Gasteiger partial charge in [0.2, 0.25) is 11.7 Å². The summed E-state index contributed by atoms with van der Waals surface area (Å²) in [4.78, 5) is 24.3. The van der Waals surface area contributed by atoms with Crippen molar-refractivity contribution in [3.05, 3.63) is 23.7 Å². The summed E-state index contributed by atoms with van der Waals surface area (Å²) < 4.78 is 4.96. The second-order valence-electron chi connectivity index (χ2n) is 5.04. The van der Waals surface area contributed by atoms with E-state index in [4.69, 9.17) is 15.3 Å². The Labute approximate surface area is 111 Å². The van der Waals surface area contributed by atoms with Crippen LogP contribution in [0.25, 0.3) is 0 Å². The molecule has 1 fully saturated rings. The third-order valence-corrected chi connectivity index (χ3v) is 3.73. The maximum absolute atomic E-state index is 11.3. The first kappa shape index (κ1) is 13.6. The van der Waals surface area contributed by atoms with E-state index < -0.39 is 5.97 Å². The Morgan fingerprint density at radius 2 is 2.26 bits per heavy atom. The second kappa shape index (κ2) is 5.44. The topological polar surface area (TPSA) is 96.8 Å². The number of carbonyl (C=O) groups excluding carboxylic acids is 1. The SMILES string of the molecule is CC1CCC(C(N)=O)CN1Cc1ccoc1C(=O)O. The molecule has 0 radical (unpaired) electrons. The van der Waals surface area contributed by atoms with Gasteiger partial charge in [-0.25, -0.2) is 4.79 Å². The molecule has 1 aromatic heterocycles. The van der Waals surface area contributed by atoms with Crippen LogP contribution in [0.4, 0.5) is 0 Å². The molecule has 19 heavy (non-hydrogen) atoms. The number of aromatic carboxylic acids is 1. The van der Waals surface area contributed by atoms with Crippen molar-refractivity contribution in [3.8, 4) is 0 Å². The molecule has 1 aromatic rings. The van der Waals surface area contributed by atoms with Gasteiger partial charge in [-0.05, 0) is 25.8 Å². The minimum absolute atomic E-state index is 0.0339. The van der Waals surface area contributed by atoms with Gasteiger partial charge in [0.25, 0.3) is 0 Å². The fraction of sp³-hybridized carbons (Fsp3) is 0.538. The van der Waals surface area contributed by atoms with Crippen LogP contribution in [0.3, 0.4) is 0 Å². The van der Waals surface area contributed by atoms with Gasteiger partial charge in [0.05, 0.1) is 12.2 Å². The van der Waals surface area contributed by atoms with Gasteiger partial charge in [0.15, 0.2) is 0 Å². The molecule has 3 N–H and O–H groups in total. The highest BCUT2D eigenvalue weighted by atomic mass is 16.4. The number of primary amides is 1. The lowest BCUT2D eigenvalue weighted by Crippen LogP contribution is -2.45. The van der Waals surface area contributed by atoms with Crippen molar-refractivity contribution >= 4 is 11.9 Å². The van der Waals surface area contributed by atoms with E-state index in [1.165, 1.54) is 6.26 Å². The number of carbonyl (C=O) groups is 2.